The molecule has 0 saturated carbocycles. The highest BCUT2D eigenvalue weighted by Crippen LogP contribution is 2.22. The molecule has 8 nitrogen and oxygen atoms in total. The zero-order valence-electron chi connectivity index (χ0n) is 16.6. The standard InChI is InChI=1S/C21H26N4O4/c1-15-13-19(23-29-15)22-21(27)18-3-2-8-25(18)20(26)14-16-4-6-17(7-5-16)24-9-11-28-12-10-24/h4-7,13,18H,2-3,8-12,14H2,1H3,(H,22,23,27). The van der Waals surface area contributed by atoms with Gasteiger partial charge in [-0.2, -0.15) is 0 Å². The SMILES string of the molecule is Cc1cc(NC(=O)C2CCCN2C(=O)Cc2ccc(N3CCOCC3)cc2)no1. The second-order valence-electron chi connectivity index (χ2n) is 7.50. The van der Waals surface area contributed by atoms with E-state index in [1.165, 1.54) is 0 Å². The topological polar surface area (TPSA) is 87.9 Å². The molecule has 0 bridgehead atoms. The summed E-state index contributed by atoms with van der Waals surface area (Å²) in [6, 6.07) is 9.28. The van der Waals surface area contributed by atoms with E-state index < -0.39 is 6.04 Å². The summed E-state index contributed by atoms with van der Waals surface area (Å²) in [4.78, 5) is 29.4. The molecule has 2 aromatic rings. The third-order valence-corrected chi connectivity index (χ3v) is 5.42. The number of aryl methyl sites for hydroxylation is 1. The summed E-state index contributed by atoms with van der Waals surface area (Å²) in [6.07, 6.45) is 1.76. The Bertz CT molecular complexity index is 858. The van der Waals surface area contributed by atoms with Crippen molar-refractivity contribution < 1.29 is 18.8 Å². The van der Waals surface area contributed by atoms with Crippen molar-refractivity contribution in [3.05, 3.63) is 41.7 Å². The quantitative estimate of drug-likeness (QED) is 0.829. The van der Waals surface area contributed by atoms with Crippen LogP contribution in [-0.4, -0.2) is 60.8 Å². The van der Waals surface area contributed by atoms with E-state index in [1.54, 1.807) is 17.9 Å². The number of nitrogens with one attached hydrogen (secondary N) is 1. The molecule has 2 amide bonds. The van der Waals surface area contributed by atoms with Gasteiger partial charge in [0.15, 0.2) is 5.82 Å². The number of hydrogen-bond acceptors (Lipinski definition) is 6. The molecular formula is C21H26N4O4. The largest absolute Gasteiger partial charge is 0.378 e. The number of rotatable bonds is 5. The van der Waals surface area contributed by atoms with E-state index in [1.807, 2.05) is 12.1 Å². The lowest BCUT2D eigenvalue weighted by Crippen LogP contribution is -2.43. The molecule has 1 unspecified atom stereocenters. The molecular weight excluding hydrogens is 372 g/mol. The van der Waals surface area contributed by atoms with E-state index in [4.69, 9.17) is 9.26 Å². The molecule has 1 N–H and O–H groups in total. The molecule has 2 aliphatic heterocycles. The molecule has 1 aromatic heterocycles. The van der Waals surface area contributed by atoms with Crippen molar-refractivity contribution in [2.24, 2.45) is 0 Å². The van der Waals surface area contributed by atoms with Gasteiger partial charge < -0.3 is 24.4 Å². The van der Waals surface area contributed by atoms with Crippen LogP contribution in [0.4, 0.5) is 11.5 Å². The van der Waals surface area contributed by atoms with Crippen molar-refractivity contribution in [3.63, 3.8) is 0 Å². The summed E-state index contributed by atoms with van der Waals surface area (Å²) in [5.41, 5.74) is 2.09. The first-order valence-electron chi connectivity index (χ1n) is 10.1. The number of nitrogens with zero attached hydrogens (tertiary/aromatic N) is 3. The first-order chi connectivity index (χ1) is 14.1. The zero-order valence-corrected chi connectivity index (χ0v) is 16.6. The normalized spacial score (nSPS) is 19.4. The van der Waals surface area contributed by atoms with E-state index in [-0.39, 0.29) is 18.2 Å². The Morgan fingerprint density at radius 3 is 2.62 bits per heavy atom. The second-order valence-corrected chi connectivity index (χ2v) is 7.50. The maximum absolute atomic E-state index is 12.9. The van der Waals surface area contributed by atoms with E-state index in [2.05, 4.69) is 27.5 Å². The Balaban J connectivity index is 1.36. The van der Waals surface area contributed by atoms with Crippen molar-refractivity contribution in [1.82, 2.24) is 10.1 Å². The van der Waals surface area contributed by atoms with Crippen molar-refractivity contribution in [1.29, 1.82) is 0 Å². The Morgan fingerprint density at radius 2 is 1.93 bits per heavy atom. The number of hydrogen-bond donors (Lipinski definition) is 1. The lowest BCUT2D eigenvalue weighted by atomic mass is 10.1. The molecule has 154 valence electrons. The molecule has 1 aromatic carbocycles. The van der Waals surface area contributed by atoms with Gasteiger partial charge in [0.2, 0.25) is 11.8 Å². The molecule has 29 heavy (non-hydrogen) atoms. The molecule has 4 rings (SSSR count). The summed E-state index contributed by atoms with van der Waals surface area (Å²) in [7, 11) is 0. The minimum Gasteiger partial charge on any atom is -0.378 e. The van der Waals surface area contributed by atoms with Gasteiger partial charge in [-0.1, -0.05) is 17.3 Å². The van der Waals surface area contributed by atoms with Gasteiger partial charge in [-0.15, -0.1) is 0 Å². The van der Waals surface area contributed by atoms with Gasteiger partial charge in [-0.3, -0.25) is 9.59 Å². The molecule has 0 aliphatic carbocycles. The summed E-state index contributed by atoms with van der Waals surface area (Å²) in [5, 5.41) is 6.53. The summed E-state index contributed by atoms with van der Waals surface area (Å²) < 4.78 is 10.4. The molecule has 1 atom stereocenters. The third kappa shape index (κ3) is 4.59. The van der Waals surface area contributed by atoms with Crippen molar-refractivity contribution in [3.8, 4) is 0 Å². The van der Waals surface area contributed by atoms with Crippen LogP contribution >= 0.6 is 0 Å². The Hall–Kier alpha value is -2.87. The minimum absolute atomic E-state index is 0.0295. The van der Waals surface area contributed by atoms with Crippen LogP contribution in [0, 0.1) is 6.92 Å². The fourth-order valence-electron chi connectivity index (χ4n) is 3.89. The van der Waals surface area contributed by atoms with Gasteiger partial charge in [0.25, 0.3) is 0 Å². The minimum atomic E-state index is -0.466. The van der Waals surface area contributed by atoms with Gasteiger partial charge in [-0.05, 0) is 37.5 Å². The number of carbonyl (C=O) groups excluding carboxylic acids is 2. The first-order valence-corrected chi connectivity index (χ1v) is 10.1. The highest BCUT2D eigenvalue weighted by atomic mass is 16.5. The molecule has 3 heterocycles. The van der Waals surface area contributed by atoms with Crippen molar-refractivity contribution >= 4 is 23.3 Å². The van der Waals surface area contributed by atoms with Gasteiger partial charge in [0.05, 0.1) is 19.6 Å². The molecule has 2 aliphatic rings. The Labute approximate surface area is 169 Å². The monoisotopic (exact) mass is 398 g/mol. The van der Waals surface area contributed by atoms with Crippen LogP contribution in [0.2, 0.25) is 0 Å². The van der Waals surface area contributed by atoms with Crippen LogP contribution in [0.1, 0.15) is 24.2 Å². The number of carbonyl (C=O) groups is 2. The number of benzene rings is 1. The Morgan fingerprint density at radius 1 is 1.17 bits per heavy atom. The zero-order chi connectivity index (χ0) is 20.2. The predicted molar refractivity (Wildman–Crippen MR) is 108 cm³/mol. The molecule has 0 spiro atoms. The number of morpholine rings is 1. The summed E-state index contributed by atoms with van der Waals surface area (Å²) in [5.74, 6) is 0.760. The van der Waals surface area contributed by atoms with Crippen LogP contribution < -0.4 is 10.2 Å². The van der Waals surface area contributed by atoms with Crippen LogP contribution in [-0.2, 0) is 20.7 Å². The molecule has 8 heteroatoms. The van der Waals surface area contributed by atoms with Gasteiger partial charge in [-0.25, -0.2) is 0 Å². The van der Waals surface area contributed by atoms with Crippen LogP contribution in [0.15, 0.2) is 34.9 Å². The van der Waals surface area contributed by atoms with Crippen LogP contribution in [0.5, 0.6) is 0 Å². The maximum atomic E-state index is 12.9. The second kappa shape index (κ2) is 8.65. The fraction of sp³-hybridized carbons (Fsp3) is 0.476. The average Bonchev–Trinajstić information content (AvgIpc) is 3.38. The van der Waals surface area contributed by atoms with E-state index >= 15 is 0 Å². The number of amides is 2. The Kier molecular flexibility index (Phi) is 5.80. The number of likely N-dealkylation sites (tertiary alicyclic amines) is 1. The van der Waals surface area contributed by atoms with Gasteiger partial charge >= 0.3 is 0 Å². The fourth-order valence-corrected chi connectivity index (χ4v) is 3.89. The van der Waals surface area contributed by atoms with Crippen LogP contribution in [0.25, 0.3) is 0 Å². The molecule has 2 saturated heterocycles. The predicted octanol–water partition coefficient (Wildman–Crippen LogP) is 1.99. The summed E-state index contributed by atoms with van der Waals surface area (Å²) >= 11 is 0. The molecule has 2 fully saturated rings. The van der Waals surface area contributed by atoms with Crippen LogP contribution in [0.3, 0.4) is 0 Å². The lowest BCUT2D eigenvalue weighted by molar-refractivity contribution is -0.136. The van der Waals surface area contributed by atoms with Gasteiger partial charge in [0.1, 0.15) is 11.8 Å². The number of anilines is 2. The van der Waals surface area contributed by atoms with Crippen molar-refractivity contribution in [2.75, 3.05) is 43.1 Å². The number of ether oxygens (including phenoxy) is 1. The van der Waals surface area contributed by atoms with Crippen molar-refractivity contribution in [2.45, 2.75) is 32.2 Å². The smallest absolute Gasteiger partial charge is 0.248 e. The third-order valence-electron chi connectivity index (χ3n) is 5.42. The van der Waals surface area contributed by atoms with E-state index in [0.29, 0.717) is 24.5 Å². The van der Waals surface area contributed by atoms with Gasteiger partial charge in [0, 0.05) is 31.4 Å². The maximum Gasteiger partial charge on any atom is 0.248 e. The highest BCUT2D eigenvalue weighted by Gasteiger charge is 2.34. The molecule has 0 radical (unpaired) electrons. The van der Waals surface area contributed by atoms with E-state index in [0.717, 1.165) is 44.0 Å². The average molecular weight is 398 g/mol. The first kappa shape index (κ1) is 19.4. The lowest BCUT2D eigenvalue weighted by Gasteiger charge is -2.29. The highest BCUT2D eigenvalue weighted by molar-refractivity contribution is 5.97. The summed E-state index contributed by atoms with van der Waals surface area (Å²) in [6.45, 7) is 5.61. The number of aromatic nitrogens is 1. The van der Waals surface area contributed by atoms with E-state index in [9.17, 15) is 9.59 Å².